The first-order valence-corrected chi connectivity index (χ1v) is 10.4. The van der Waals surface area contributed by atoms with Gasteiger partial charge in [0.25, 0.3) is 0 Å². The van der Waals surface area contributed by atoms with Gasteiger partial charge in [0.2, 0.25) is 0 Å². The summed E-state index contributed by atoms with van der Waals surface area (Å²) in [5.41, 5.74) is 4.01. The van der Waals surface area contributed by atoms with Gasteiger partial charge in [-0.2, -0.15) is 5.26 Å². The Morgan fingerprint density at radius 2 is 1.79 bits per heavy atom. The normalized spacial score (nSPS) is 11.2. The maximum absolute atomic E-state index is 14.9. The quantitative estimate of drug-likeness (QED) is 0.355. The summed E-state index contributed by atoms with van der Waals surface area (Å²) in [5.74, 6) is 5.86. The van der Waals surface area contributed by atoms with Crippen molar-refractivity contribution in [2.45, 2.75) is 19.3 Å². The number of aromatic nitrogens is 4. The monoisotopic (exact) mass is 431 g/mol. The number of fused-ring (bicyclic) bond motifs is 3. The highest BCUT2D eigenvalue weighted by Gasteiger charge is 2.24. The van der Waals surface area contributed by atoms with Crippen LogP contribution in [0.25, 0.3) is 27.6 Å². The van der Waals surface area contributed by atoms with E-state index in [1.807, 2.05) is 34.9 Å². The van der Waals surface area contributed by atoms with Crippen molar-refractivity contribution in [2.75, 3.05) is 0 Å². The summed E-state index contributed by atoms with van der Waals surface area (Å²) in [6.07, 6.45) is 6.79. The van der Waals surface area contributed by atoms with E-state index in [2.05, 4.69) is 32.9 Å². The fourth-order valence-electron chi connectivity index (χ4n) is 3.77. The SMILES string of the molecule is CC(C)(C#N)c1ccc(-n2cnc3cnc4ccc(C#Cc5cccnc5)cc4c32)cc1F. The van der Waals surface area contributed by atoms with Gasteiger partial charge in [-0.3, -0.25) is 14.5 Å². The molecule has 0 aliphatic rings. The van der Waals surface area contributed by atoms with Gasteiger partial charge < -0.3 is 0 Å². The maximum atomic E-state index is 14.9. The number of imidazole rings is 1. The fourth-order valence-corrected chi connectivity index (χ4v) is 3.77. The molecular weight excluding hydrogens is 413 g/mol. The average molecular weight is 431 g/mol. The van der Waals surface area contributed by atoms with Crippen LogP contribution in [0, 0.1) is 29.0 Å². The molecule has 0 N–H and O–H groups in total. The Kier molecular flexibility index (Phi) is 4.84. The number of nitrogens with zero attached hydrogens (tertiary/aromatic N) is 5. The Balaban J connectivity index is 1.66. The average Bonchev–Trinajstić information content (AvgIpc) is 3.28. The Morgan fingerprint density at radius 1 is 0.939 bits per heavy atom. The first-order valence-electron chi connectivity index (χ1n) is 10.4. The zero-order chi connectivity index (χ0) is 23.0. The predicted molar refractivity (Wildman–Crippen MR) is 125 cm³/mol. The molecule has 0 unspecified atom stereocenters. The molecule has 0 saturated carbocycles. The highest BCUT2D eigenvalue weighted by atomic mass is 19.1. The molecule has 3 heterocycles. The molecule has 0 saturated heterocycles. The second kappa shape index (κ2) is 7.85. The number of hydrogen-bond donors (Lipinski definition) is 0. The zero-order valence-electron chi connectivity index (χ0n) is 18.0. The van der Waals surface area contributed by atoms with Crippen molar-refractivity contribution in [1.82, 2.24) is 19.5 Å². The third-order valence-corrected chi connectivity index (χ3v) is 5.57. The van der Waals surface area contributed by atoms with E-state index in [9.17, 15) is 9.65 Å². The molecular formula is C27H18FN5. The molecule has 0 atom stereocenters. The minimum atomic E-state index is -0.919. The molecule has 33 heavy (non-hydrogen) atoms. The molecule has 0 radical (unpaired) electrons. The summed E-state index contributed by atoms with van der Waals surface area (Å²) in [6.45, 7) is 3.40. The molecule has 0 fully saturated rings. The Labute approximate surface area is 190 Å². The van der Waals surface area contributed by atoms with Crippen molar-refractivity contribution >= 4 is 21.9 Å². The van der Waals surface area contributed by atoms with Crippen LogP contribution in [0.1, 0.15) is 30.5 Å². The van der Waals surface area contributed by atoms with E-state index in [4.69, 9.17) is 0 Å². The van der Waals surface area contributed by atoms with E-state index in [-0.39, 0.29) is 0 Å². The minimum Gasteiger partial charge on any atom is -0.298 e. The lowest BCUT2D eigenvalue weighted by Gasteiger charge is -2.17. The van der Waals surface area contributed by atoms with Gasteiger partial charge in [-0.05, 0) is 56.3 Å². The van der Waals surface area contributed by atoms with Gasteiger partial charge in [0, 0.05) is 34.5 Å². The summed E-state index contributed by atoms with van der Waals surface area (Å²) >= 11 is 0. The molecule has 158 valence electrons. The van der Waals surface area contributed by atoms with Crippen LogP contribution in [0.3, 0.4) is 0 Å². The standard InChI is InChI=1S/C27H18FN5/c1-27(2,16-29)22-9-8-20(13-23(22)28)33-17-32-25-15-31-24-10-7-18(12-21(24)26(25)33)5-6-19-4-3-11-30-14-19/h3-4,7-15,17H,1-2H3. The van der Waals surface area contributed by atoms with Crippen LogP contribution < -0.4 is 0 Å². The molecule has 5 rings (SSSR count). The van der Waals surface area contributed by atoms with E-state index < -0.39 is 11.2 Å². The van der Waals surface area contributed by atoms with Gasteiger partial charge in [0.15, 0.2) is 0 Å². The number of rotatable bonds is 2. The van der Waals surface area contributed by atoms with Crippen LogP contribution in [-0.4, -0.2) is 19.5 Å². The molecule has 0 aliphatic heterocycles. The number of hydrogen-bond acceptors (Lipinski definition) is 4. The smallest absolute Gasteiger partial charge is 0.130 e. The Hall–Kier alpha value is -4.55. The topological polar surface area (TPSA) is 67.4 Å². The van der Waals surface area contributed by atoms with E-state index in [0.29, 0.717) is 16.8 Å². The van der Waals surface area contributed by atoms with E-state index in [1.165, 1.54) is 6.07 Å². The van der Waals surface area contributed by atoms with E-state index >= 15 is 0 Å². The summed E-state index contributed by atoms with van der Waals surface area (Å²) in [5, 5.41) is 10.2. The van der Waals surface area contributed by atoms with Crippen molar-refractivity contribution in [1.29, 1.82) is 5.26 Å². The van der Waals surface area contributed by atoms with Crippen molar-refractivity contribution in [3.05, 3.63) is 96.0 Å². The molecule has 5 nitrogen and oxygen atoms in total. The highest BCUT2D eigenvalue weighted by Crippen LogP contribution is 2.30. The molecule has 0 bridgehead atoms. The van der Waals surface area contributed by atoms with E-state index in [0.717, 1.165) is 27.5 Å². The van der Waals surface area contributed by atoms with Gasteiger partial charge in [-0.1, -0.05) is 17.9 Å². The van der Waals surface area contributed by atoms with Crippen molar-refractivity contribution in [2.24, 2.45) is 0 Å². The van der Waals surface area contributed by atoms with Gasteiger partial charge in [-0.15, -0.1) is 0 Å². The second-order valence-electron chi connectivity index (χ2n) is 8.23. The first kappa shape index (κ1) is 20.4. The predicted octanol–water partition coefficient (Wildman–Crippen LogP) is 5.31. The summed E-state index contributed by atoms with van der Waals surface area (Å²) in [7, 11) is 0. The second-order valence-corrected chi connectivity index (χ2v) is 8.23. The lowest BCUT2D eigenvalue weighted by atomic mass is 9.86. The van der Waals surface area contributed by atoms with Crippen LogP contribution in [0.5, 0.6) is 0 Å². The van der Waals surface area contributed by atoms with Gasteiger partial charge in [-0.25, -0.2) is 9.37 Å². The molecule has 6 heteroatoms. The molecule has 3 aromatic heterocycles. The molecule has 0 amide bonds. The number of halogens is 1. The number of nitriles is 1. The maximum Gasteiger partial charge on any atom is 0.130 e. The molecule has 2 aromatic carbocycles. The van der Waals surface area contributed by atoms with Gasteiger partial charge >= 0.3 is 0 Å². The van der Waals surface area contributed by atoms with E-state index in [1.54, 1.807) is 50.9 Å². The van der Waals surface area contributed by atoms with Crippen LogP contribution in [0.15, 0.2) is 73.4 Å². The lowest BCUT2D eigenvalue weighted by molar-refractivity contribution is 0.564. The Bertz CT molecular complexity index is 1620. The van der Waals surface area contributed by atoms with Crippen LogP contribution >= 0.6 is 0 Å². The molecule has 0 spiro atoms. The number of pyridine rings is 2. The van der Waals surface area contributed by atoms with Crippen LogP contribution in [0.2, 0.25) is 0 Å². The van der Waals surface area contributed by atoms with Gasteiger partial charge in [0.05, 0.1) is 34.4 Å². The van der Waals surface area contributed by atoms with Crippen molar-refractivity contribution in [3.8, 4) is 23.6 Å². The fraction of sp³-hybridized carbons (Fsp3) is 0.111. The minimum absolute atomic E-state index is 0.359. The third-order valence-electron chi connectivity index (χ3n) is 5.57. The summed E-state index contributed by atoms with van der Waals surface area (Å²) < 4.78 is 16.8. The lowest BCUT2D eigenvalue weighted by Crippen LogP contribution is -2.16. The largest absolute Gasteiger partial charge is 0.298 e. The molecule has 0 aliphatic carbocycles. The zero-order valence-corrected chi connectivity index (χ0v) is 18.0. The van der Waals surface area contributed by atoms with Gasteiger partial charge in [0.1, 0.15) is 17.7 Å². The summed E-state index contributed by atoms with van der Waals surface area (Å²) in [4.78, 5) is 13.1. The Morgan fingerprint density at radius 3 is 2.55 bits per heavy atom. The van der Waals surface area contributed by atoms with Crippen LogP contribution in [-0.2, 0) is 5.41 Å². The highest BCUT2D eigenvalue weighted by molar-refractivity contribution is 6.03. The third kappa shape index (κ3) is 3.69. The van der Waals surface area contributed by atoms with Crippen LogP contribution in [0.4, 0.5) is 4.39 Å². The first-order chi connectivity index (χ1) is 16.0. The summed E-state index contributed by atoms with van der Waals surface area (Å²) in [6, 6.07) is 16.6. The van der Waals surface area contributed by atoms with Crippen molar-refractivity contribution in [3.63, 3.8) is 0 Å². The number of benzene rings is 2. The van der Waals surface area contributed by atoms with Crippen molar-refractivity contribution < 1.29 is 4.39 Å². The molecule has 5 aromatic rings.